The molecule has 6 heteroatoms. The van der Waals surface area contributed by atoms with Gasteiger partial charge in [-0.2, -0.15) is 13.2 Å². The van der Waals surface area contributed by atoms with Gasteiger partial charge in [0.15, 0.2) is 0 Å². The van der Waals surface area contributed by atoms with Crippen molar-refractivity contribution in [3.8, 4) is 11.1 Å². The van der Waals surface area contributed by atoms with Crippen molar-refractivity contribution in [3.05, 3.63) is 93.1 Å². The van der Waals surface area contributed by atoms with E-state index in [1.807, 2.05) is 50.2 Å². The van der Waals surface area contributed by atoms with Crippen molar-refractivity contribution in [2.75, 3.05) is 0 Å². The first-order valence-electron chi connectivity index (χ1n) is 9.76. The fourth-order valence-corrected chi connectivity index (χ4v) is 3.71. The van der Waals surface area contributed by atoms with Crippen molar-refractivity contribution in [1.29, 1.82) is 0 Å². The minimum atomic E-state index is -4.51. The SMILES string of the molecule is Cc1c(/C=C/c2cc(C=O)ccc2C(F)(F)F)cccc1-c1ccc2c(c1)=NC(C)N=2. The molecule has 3 aromatic carbocycles. The number of nitrogens with zero attached hydrogens (tertiary/aromatic N) is 2. The molecule has 0 aliphatic carbocycles. The number of carbonyl (C=O) groups excluding carboxylic acids is 1. The predicted molar refractivity (Wildman–Crippen MR) is 114 cm³/mol. The van der Waals surface area contributed by atoms with Crippen molar-refractivity contribution >= 4 is 18.4 Å². The first kappa shape index (κ1) is 20.7. The smallest absolute Gasteiger partial charge is 0.298 e. The van der Waals surface area contributed by atoms with Crippen LogP contribution in [0.25, 0.3) is 23.3 Å². The third-order valence-corrected chi connectivity index (χ3v) is 5.27. The second-order valence-corrected chi connectivity index (χ2v) is 7.41. The molecule has 3 aromatic rings. The Kier molecular flexibility index (Phi) is 5.31. The van der Waals surface area contributed by atoms with Crippen LogP contribution in [0.2, 0.25) is 0 Å². The molecular formula is C25H19F3N2O. The molecule has 0 saturated heterocycles. The van der Waals surface area contributed by atoms with Crippen LogP contribution in [0, 0.1) is 6.92 Å². The van der Waals surface area contributed by atoms with E-state index >= 15 is 0 Å². The Hall–Kier alpha value is -3.54. The summed E-state index contributed by atoms with van der Waals surface area (Å²) >= 11 is 0. The lowest BCUT2D eigenvalue weighted by atomic mass is 9.95. The highest BCUT2D eigenvalue weighted by molar-refractivity contribution is 5.81. The lowest BCUT2D eigenvalue weighted by Gasteiger charge is -2.12. The Morgan fingerprint density at radius 3 is 2.39 bits per heavy atom. The summed E-state index contributed by atoms with van der Waals surface area (Å²) in [7, 11) is 0. The zero-order chi connectivity index (χ0) is 22.2. The molecule has 156 valence electrons. The number of carbonyl (C=O) groups is 1. The Balaban J connectivity index is 1.75. The van der Waals surface area contributed by atoms with Gasteiger partial charge in [0.1, 0.15) is 12.5 Å². The summed E-state index contributed by atoms with van der Waals surface area (Å²) in [5.41, 5.74) is 3.03. The minimum absolute atomic E-state index is 0.0474. The van der Waals surface area contributed by atoms with Gasteiger partial charge in [-0.15, -0.1) is 0 Å². The van der Waals surface area contributed by atoms with E-state index < -0.39 is 11.7 Å². The zero-order valence-corrected chi connectivity index (χ0v) is 16.9. The van der Waals surface area contributed by atoms with E-state index in [9.17, 15) is 18.0 Å². The van der Waals surface area contributed by atoms with Crippen LogP contribution in [-0.2, 0) is 6.18 Å². The maximum absolute atomic E-state index is 13.4. The van der Waals surface area contributed by atoms with Gasteiger partial charge in [-0.05, 0) is 65.9 Å². The lowest BCUT2D eigenvalue weighted by molar-refractivity contribution is -0.137. The molecule has 0 N–H and O–H groups in total. The largest absolute Gasteiger partial charge is 0.416 e. The van der Waals surface area contributed by atoms with Crippen molar-refractivity contribution in [2.24, 2.45) is 9.98 Å². The van der Waals surface area contributed by atoms with E-state index in [1.165, 1.54) is 18.2 Å². The van der Waals surface area contributed by atoms with Gasteiger partial charge in [-0.25, -0.2) is 0 Å². The lowest BCUT2D eigenvalue weighted by Crippen LogP contribution is -2.20. The first-order chi connectivity index (χ1) is 14.8. The highest BCUT2D eigenvalue weighted by Gasteiger charge is 2.32. The fourth-order valence-electron chi connectivity index (χ4n) is 3.71. The molecule has 0 bridgehead atoms. The maximum Gasteiger partial charge on any atom is 0.416 e. The number of hydrogen-bond donors (Lipinski definition) is 0. The highest BCUT2D eigenvalue weighted by atomic mass is 19.4. The number of rotatable bonds is 4. The van der Waals surface area contributed by atoms with Crippen LogP contribution < -0.4 is 10.7 Å². The Labute approximate surface area is 177 Å². The molecule has 1 aliphatic heterocycles. The molecule has 0 spiro atoms. The number of alkyl halides is 3. The molecule has 3 nitrogen and oxygen atoms in total. The summed E-state index contributed by atoms with van der Waals surface area (Å²) in [5, 5.41) is 1.70. The first-order valence-corrected chi connectivity index (χ1v) is 9.76. The van der Waals surface area contributed by atoms with Gasteiger partial charge >= 0.3 is 6.18 Å². The number of fused-ring (bicyclic) bond motifs is 1. The Bertz CT molecular complexity index is 1320. The number of benzene rings is 3. The van der Waals surface area contributed by atoms with Gasteiger partial charge in [0.05, 0.1) is 16.3 Å². The van der Waals surface area contributed by atoms with Gasteiger partial charge in [-0.3, -0.25) is 14.8 Å². The highest BCUT2D eigenvalue weighted by Crippen LogP contribution is 2.34. The van der Waals surface area contributed by atoms with E-state index in [0.29, 0.717) is 6.29 Å². The van der Waals surface area contributed by atoms with Gasteiger partial charge in [0.25, 0.3) is 0 Å². The molecule has 31 heavy (non-hydrogen) atoms. The topological polar surface area (TPSA) is 41.8 Å². The molecule has 1 atom stereocenters. The maximum atomic E-state index is 13.4. The summed E-state index contributed by atoms with van der Waals surface area (Å²) in [4.78, 5) is 20.0. The molecular weight excluding hydrogens is 401 g/mol. The van der Waals surface area contributed by atoms with Crippen molar-refractivity contribution in [3.63, 3.8) is 0 Å². The van der Waals surface area contributed by atoms with Gasteiger partial charge in [0, 0.05) is 5.56 Å². The molecule has 0 amide bonds. The van der Waals surface area contributed by atoms with Gasteiger partial charge < -0.3 is 0 Å². The fraction of sp³-hybridized carbons (Fsp3) is 0.160. The van der Waals surface area contributed by atoms with E-state index in [2.05, 4.69) is 9.98 Å². The van der Waals surface area contributed by atoms with Crippen LogP contribution >= 0.6 is 0 Å². The summed E-state index contributed by atoms with van der Waals surface area (Å²) in [5.74, 6) is 0. The van der Waals surface area contributed by atoms with Gasteiger partial charge in [0.2, 0.25) is 0 Å². The van der Waals surface area contributed by atoms with E-state index in [-0.39, 0.29) is 17.3 Å². The van der Waals surface area contributed by atoms with Crippen LogP contribution in [0.3, 0.4) is 0 Å². The van der Waals surface area contributed by atoms with Crippen LogP contribution in [0.1, 0.15) is 39.5 Å². The molecule has 0 fully saturated rings. The van der Waals surface area contributed by atoms with Crippen LogP contribution in [-0.4, -0.2) is 12.5 Å². The summed E-state index contributed by atoms with van der Waals surface area (Å²) in [6.45, 7) is 3.85. The molecule has 0 aromatic heterocycles. The summed E-state index contributed by atoms with van der Waals surface area (Å²) in [6, 6.07) is 14.9. The number of halogens is 3. The Morgan fingerprint density at radius 1 is 0.903 bits per heavy atom. The standard InChI is InChI=1S/C25H19F3N2O/c1-15-18(7-8-20-12-17(14-31)6-10-22(20)25(26,27)28)4-3-5-21(15)19-9-11-23-24(13-19)30-16(2)29-23/h3-14,16H,1-2H3/b8-7+. The summed E-state index contributed by atoms with van der Waals surface area (Å²) in [6.07, 6.45) is -1.01. The van der Waals surface area contributed by atoms with E-state index in [0.717, 1.165) is 39.0 Å². The van der Waals surface area contributed by atoms with E-state index in [1.54, 1.807) is 6.08 Å². The average molecular weight is 420 g/mol. The second kappa shape index (κ2) is 7.95. The second-order valence-electron chi connectivity index (χ2n) is 7.41. The van der Waals surface area contributed by atoms with Crippen molar-refractivity contribution < 1.29 is 18.0 Å². The van der Waals surface area contributed by atoms with Crippen LogP contribution in [0.4, 0.5) is 13.2 Å². The minimum Gasteiger partial charge on any atom is -0.298 e. The quantitative estimate of drug-likeness (QED) is 0.419. The number of hydrogen-bond acceptors (Lipinski definition) is 3. The normalized spacial score (nSPS) is 15.5. The molecule has 1 heterocycles. The molecule has 1 aliphatic rings. The zero-order valence-electron chi connectivity index (χ0n) is 16.9. The van der Waals surface area contributed by atoms with Gasteiger partial charge in [-0.1, -0.05) is 42.5 Å². The van der Waals surface area contributed by atoms with Crippen LogP contribution in [0.15, 0.2) is 64.6 Å². The molecule has 0 saturated carbocycles. The van der Waals surface area contributed by atoms with Crippen LogP contribution in [0.5, 0.6) is 0 Å². The van der Waals surface area contributed by atoms with Crippen molar-refractivity contribution in [1.82, 2.24) is 0 Å². The third-order valence-electron chi connectivity index (χ3n) is 5.27. The monoisotopic (exact) mass is 420 g/mol. The average Bonchev–Trinajstić information content (AvgIpc) is 3.11. The number of aldehydes is 1. The van der Waals surface area contributed by atoms with E-state index in [4.69, 9.17) is 0 Å². The molecule has 0 radical (unpaired) electrons. The molecule has 1 unspecified atom stereocenters. The molecule has 4 rings (SSSR count). The Morgan fingerprint density at radius 2 is 1.65 bits per heavy atom. The third kappa shape index (κ3) is 4.19. The predicted octanol–water partition coefficient (Wildman–Crippen LogP) is 5.26. The summed E-state index contributed by atoms with van der Waals surface area (Å²) < 4.78 is 40.1. The van der Waals surface area contributed by atoms with Crippen molar-refractivity contribution in [2.45, 2.75) is 26.2 Å².